The number of piperidine rings is 2. The minimum atomic E-state index is -0.965. The van der Waals surface area contributed by atoms with Gasteiger partial charge in [0.05, 0.1) is 18.0 Å². The second kappa shape index (κ2) is 23.8. The average molecular weight is 903 g/mol. The van der Waals surface area contributed by atoms with E-state index in [1.165, 1.54) is 37.9 Å². The van der Waals surface area contributed by atoms with Crippen LogP contribution in [0.1, 0.15) is 47.2 Å². The van der Waals surface area contributed by atoms with Crippen molar-refractivity contribution in [3.05, 3.63) is 157 Å². The van der Waals surface area contributed by atoms with Crippen molar-refractivity contribution in [3.8, 4) is 17.2 Å². The monoisotopic (exact) mass is 902 g/mol. The molecule has 5 heterocycles. The van der Waals surface area contributed by atoms with Crippen molar-refractivity contribution in [2.24, 2.45) is 0 Å². The van der Waals surface area contributed by atoms with E-state index < -0.39 is 5.97 Å². The summed E-state index contributed by atoms with van der Waals surface area (Å²) in [5, 5.41) is 13.0. The van der Waals surface area contributed by atoms with Crippen LogP contribution in [0.3, 0.4) is 0 Å². The van der Waals surface area contributed by atoms with Gasteiger partial charge in [0.1, 0.15) is 29.5 Å². The number of ether oxygens (including phenoxy) is 3. The zero-order valence-corrected chi connectivity index (χ0v) is 36.9. The van der Waals surface area contributed by atoms with Gasteiger partial charge in [0.15, 0.2) is 0 Å². The molecule has 0 saturated carbocycles. The molecule has 2 saturated heterocycles. The number of benzene rings is 3. The largest absolute Gasteiger partial charge is 0.490 e. The number of aryl methyl sites for hydroxylation is 2. The Hall–Kier alpha value is -6.52. The molecule has 2 fully saturated rings. The summed E-state index contributed by atoms with van der Waals surface area (Å²) >= 11 is 3.59. The number of likely N-dealkylation sites (tertiary alicyclic amines) is 2. The molecule has 16 heteroatoms. The number of carboxylic acid groups (broad SMARTS) is 1. The molecule has 0 radical (unpaired) electrons. The first-order valence-corrected chi connectivity index (χ1v) is 23.1. The van der Waals surface area contributed by atoms with E-state index in [1.807, 2.05) is 78.9 Å². The van der Waals surface area contributed by atoms with Gasteiger partial charge in [0.2, 0.25) is 0 Å². The van der Waals surface area contributed by atoms with E-state index in [2.05, 4.69) is 15.1 Å². The number of aromatic nitrogens is 4. The van der Waals surface area contributed by atoms with Crippen LogP contribution in [0, 0.1) is 0 Å². The topological polar surface area (TPSA) is 158 Å². The van der Waals surface area contributed by atoms with Crippen LogP contribution in [0.2, 0.25) is 0 Å². The third kappa shape index (κ3) is 14.5. The molecule has 8 rings (SSSR count). The van der Waals surface area contributed by atoms with Gasteiger partial charge in [-0.1, -0.05) is 24.3 Å². The Morgan fingerprint density at radius 2 is 1.03 bits per heavy atom. The maximum Gasteiger partial charge on any atom is 0.415 e. The van der Waals surface area contributed by atoms with Gasteiger partial charge in [-0.05, 0) is 103 Å². The van der Waals surface area contributed by atoms with Crippen LogP contribution in [0.15, 0.2) is 150 Å². The normalized spacial score (nSPS) is 14.2. The van der Waals surface area contributed by atoms with E-state index in [1.54, 1.807) is 82.6 Å². The smallest absolute Gasteiger partial charge is 0.415 e. The van der Waals surface area contributed by atoms with Crippen LogP contribution in [0.5, 0.6) is 17.2 Å². The van der Waals surface area contributed by atoms with Crippen LogP contribution in [0.4, 0.5) is 9.59 Å². The Kier molecular flexibility index (Phi) is 16.9. The van der Waals surface area contributed by atoms with E-state index in [-0.39, 0.29) is 30.0 Å². The molecule has 1 N–H and O–H groups in total. The summed E-state index contributed by atoms with van der Waals surface area (Å²) in [5.74, 6) is 2.72. The fraction of sp³-hybridized carbons (Fsp3) is 0.292. The van der Waals surface area contributed by atoms with Gasteiger partial charge in [0.25, 0.3) is 0 Å². The van der Waals surface area contributed by atoms with Gasteiger partial charge in [-0.3, -0.25) is 9.97 Å². The number of carbonyl (C=O) groups excluding carboxylic acids is 2. The van der Waals surface area contributed by atoms with E-state index >= 15 is 0 Å². The number of pyridine rings is 2. The molecular weight excluding hydrogens is 853 g/mol. The number of aromatic carboxylic acids is 1. The highest BCUT2D eigenvalue weighted by Gasteiger charge is 2.27. The highest BCUT2D eigenvalue weighted by molar-refractivity contribution is 7.99. The number of hydrogen-bond donors (Lipinski definition) is 1. The standard InChI is InChI=1S/C26H26N2O5S.C22H24N4O3S/c29-25(30)20-3-7-21(8-4-20)32-23-11-16-28(17-12-23)26(31)33-22-5-1-19(2-6-22)13-18-34-24-9-14-27-15-10-24;27-22(25-15-8-20(9-16-25)29-26-14-1-11-24-26)28-19-4-2-18(3-5-19)10-17-30-21-6-12-23-13-7-21/h1-10,14-15,23H,11-13,16-18H2,(H,29,30);1-7,11-14,20H,8-10,15-17H2. The van der Waals surface area contributed by atoms with Crippen LogP contribution >= 0.6 is 23.5 Å². The lowest BCUT2D eigenvalue weighted by atomic mass is 10.1. The predicted molar refractivity (Wildman–Crippen MR) is 244 cm³/mol. The molecule has 0 atom stereocenters. The Morgan fingerprint density at radius 3 is 1.47 bits per heavy atom. The predicted octanol–water partition coefficient (Wildman–Crippen LogP) is 8.86. The number of thioether (sulfide) groups is 2. The van der Waals surface area contributed by atoms with E-state index in [0.717, 1.165) is 37.2 Å². The minimum absolute atomic E-state index is 0.0240. The Morgan fingerprint density at radius 1 is 0.578 bits per heavy atom. The molecule has 0 unspecified atom stereocenters. The van der Waals surface area contributed by atoms with Crippen LogP contribution in [-0.2, 0) is 12.8 Å². The molecule has 3 aromatic carbocycles. The molecule has 6 aromatic rings. The first kappa shape index (κ1) is 45.5. The summed E-state index contributed by atoms with van der Waals surface area (Å²) in [4.78, 5) is 57.0. The number of amides is 2. The van der Waals surface area contributed by atoms with Crippen molar-refractivity contribution in [3.63, 3.8) is 0 Å². The quantitative estimate of drug-likeness (QED) is 0.0976. The van der Waals surface area contributed by atoms with Crippen molar-refractivity contribution in [2.75, 3.05) is 37.7 Å². The van der Waals surface area contributed by atoms with Gasteiger partial charge >= 0.3 is 18.2 Å². The number of carbonyl (C=O) groups is 3. The first-order chi connectivity index (χ1) is 31.3. The van der Waals surface area contributed by atoms with Gasteiger partial charge in [-0.2, -0.15) is 0 Å². The zero-order valence-electron chi connectivity index (χ0n) is 35.2. The number of hydrogen-bond acceptors (Lipinski definition) is 12. The third-order valence-electron chi connectivity index (χ3n) is 10.4. The van der Waals surface area contributed by atoms with Gasteiger partial charge in [0, 0.05) is 97.9 Å². The second-order valence-corrected chi connectivity index (χ2v) is 17.3. The summed E-state index contributed by atoms with van der Waals surface area (Å²) in [5.41, 5.74) is 2.63. The lowest BCUT2D eigenvalue weighted by molar-refractivity contribution is -0.0162. The molecule has 3 aromatic heterocycles. The Bertz CT molecular complexity index is 2330. The highest BCUT2D eigenvalue weighted by Crippen LogP contribution is 2.24. The molecule has 64 heavy (non-hydrogen) atoms. The average Bonchev–Trinajstić information content (AvgIpc) is 3.85. The molecule has 2 aliphatic heterocycles. The van der Waals surface area contributed by atoms with Gasteiger partial charge in [-0.25, -0.2) is 14.4 Å². The summed E-state index contributed by atoms with van der Waals surface area (Å²) < 4.78 is 17.0. The fourth-order valence-electron chi connectivity index (χ4n) is 6.86. The van der Waals surface area contributed by atoms with Crippen molar-refractivity contribution in [2.45, 2.75) is 60.5 Å². The van der Waals surface area contributed by atoms with Crippen molar-refractivity contribution in [1.29, 1.82) is 0 Å². The molecule has 0 spiro atoms. The highest BCUT2D eigenvalue weighted by atomic mass is 32.2. The lowest BCUT2D eigenvalue weighted by Crippen LogP contribution is -2.44. The van der Waals surface area contributed by atoms with Crippen molar-refractivity contribution < 1.29 is 38.5 Å². The van der Waals surface area contributed by atoms with Crippen LogP contribution in [0.25, 0.3) is 0 Å². The Labute approximate surface area is 380 Å². The third-order valence-corrected chi connectivity index (χ3v) is 12.4. The molecule has 0 bridgehead atoms. The van der Waals surface area contributed by atoms with Crippen molar-refractivity contribution >= 4 is 41.7 Å². The second-order valence-electron chi connectivity index (χ2n) is 14.9. The van der Waals surface area contributed by atoms with Gasteiger partial charge in [-0.15, -0.1) is 33.5 Å². The summed E-state index contributed by atoms with van der Waals surface area (Å²) in [6.07, 6.45) is 14.8. The van der Waals surface area contributed by atoms with E-state index in [4.69, 9.17) is 24.2 Å². The van der Waals surface area contributed by atoms with Crippen molar-refractivity contribution in [1.82, 2.24) is 29.7 Å². The first-order valence-electron chi connectivity index (χ1n) is 21.2. The molecule has 2 amide bonds. The lowest BCUT2D eigenvalue weighted by Gasteiger charge is -2.31. The number of rotatable bonds is 15. The fourth-order valence-corrected chi connectivity index (χ4v) is 8.64. The van der Waals surface area contributed by atoms with E-state index in [0.29, 0.717) is 56.3 Å². The minimum Gasteiger partial charge on any atom is -0.490 e. The van der Waals surface area contributed by atoms with Crippen LogP contribution < -0.4 is 19.0 Å². The zero-order chi connectivity index (χ0) is 44.4. The number of nitrogens with zero attached hydrogens (tertiary/aromatic N) is 6. The van der Waals surface area contributed by atoms with Crippen LogP contribution in [-0.4, -0.2) is 103 Å². The maximum absolute atomic E-state index is 12.5. The summed E-state index contributed by atoms with van der Waals surface area (Å²) in [6, 6.07) is 31.6. The summed E-state index contributed by atoms with van der Waals surface area (Å²) in [6.45, 7) is 2.30. The molecule has 2 aliphatic rings. The van der Waals surface area contributed by atoms with Gasteiger partial charge < -0.3 is 34.0 Å². The molecule has 14 nitrogen and oxygen atoms in total. The SMILES string of the molecule is O=C(O)c1ccc(OC2CCN(C(=O)Oc3ccc(CCSc4ccncc4)cc3)CC2)cc1.O=C(Oc1ccc(CCSc2ccncc2)cc1)N1CCC(On2cccn2)CC1. The molecular formula is C48H50N6O8S2. The Balaban J connectivity index is 0.000000193. The summed E-state index contributed by atoms with van der Waals surface area (Å²) in [7, 11) is 0. The van der Waals surface area contributed by atoms with E-state index in [9.17, 15) is 14.4 Å². The number of carboxylic acids is 1. The maximum atomic E-state index is 12.5. The molecule has 0 aliphatic carbocycles. The molecule has 332 valence electrons.